The molecule has 1 saturated heterocycles. The van der Waals surface area contributed by atoms with Crippen molar-refractivity contribution in [1.29, 1.82) is 0 Å². The number of nitrogens with zero attached hydrogens (tertiary/aromatic N) is 4. The Hall–Kier alpha value is -2.19. The van der Waals surface area contributed by atoms with Crippen LogP contribution in [0.2, 0.25) is 0 Å². The first-order valence-electron chi connectivity index (χ1n) is 9.58. The van der Waals surface area contributed by atoms with Gasteiger partial charge in [0, 0.05) is 38.4 Å². The summed E-state index contributed by atoms with van der Waals surface area (Å²) in [7, 11) is 0. The molecule has 3 heterocycles. The van der Waals surface area contributed by atoms with Crippen LogP contribution in [0.3, 0.4) is 0 Å². The minimum absolute atomic E-state index is 0.183. The molecule has 3 rings (SSSR count). The number of rotatable bonds is 7. The number of aromatic nitrogens is 3. The van der Waals surface area contributed by atoms with Crippen molar-refractivity contribution in [2.75, 3.05) is 38.6 Å². The van der Waals surface area contributed by atoms with E-state index in [-0.39, 0.29) is 5.91 Å². The van der Waals surface area contributed by atoms with E-state index in [9.17, 15) is 4.79 Å². The third-order valence-electron chi connectivity index (χ3n) is 5.05. The van der Waals surface area contributed by atoms with Crippen LogP contribution in [0.25, 0.3) is 11.0 Å². The molecular formula is C19H29N5O3. The molecule has 0 unspecified atom stereocenters. The zero-order valence-corrected chi connectivity index (χ0v) is 16.5. The first-order valence-corrected chi connectivity index (χ1v) is 9.58. The zero-order valence-electron chi connectivity index (χ0n) is 16.5. The molecule has 0 aliphatic carbocycles. The molecule has 1 amide bonds. The number of morpholine rings is 1. The van der Waals surface area contributed by atoms with Gasteiger partial charge in [-0.25, -0.2) is 9.97 Å². The maximum absolute atomic E-state index is 12.4. The van der Waals surface area contributed by atoms with Crippen molar-refractivity contribution in [2.45, 2.75) is 46.8 Å². The largest absolute Gasteiger partial charge is 0.382 e. The first-order chi connectivity index (χ1) is 13.0. The summed E-state index contributed by atoms with van der Waals surface area (Å²) in [5, 5.41) is 0. The normalized spacial score (nSPS) is 14.9. The van der Waals surface area contributed by atoms with E-state index >= 15 is 0 Å². The van der Waals surface area contributed by atoms with E-state index in [1.807, 2.05) is 25.7 Å². The van der Waals surface area contributed by atoms with Gasteiger partial charge in [0.2, 0.25) is 5.91 Å². The van der Waals surface area contributed by atoms with Gasteiger partial charge < -0.3 is 24.7 Å². The van der Waals surface area contributed by atoms with Crippen molar-refractivity contribution in [2.24, 2.45) is 0 Å². The number of hydrogen-bond donors (Lipinski definition) is 1. The van der Waals surface area contributed by atoms with Gasteiger partial charge in [-0.05, 0) is 32.8 Å². The summed E-state index contributed by atoms with van der Waals surface area (Å²) in [6.45, 7) is 10.3. The van der Waals surface area contributed by atoms with Gasteiger partial charge in [0.05, 0.1) is 18.7 Å². The van der Waals surface area contributed by atoms with E-state index < -0.39 is 0 Å². The maximum atomic E-state index is 12.4. The molecule has 0 atom stereocenters. The Morgan fingerprint density at radius 2 is 2.00 bits per heavy atom. The van der Waals surface area contributed by atoms with Crippen LogP contribution >= 0.6 is 0 Å². The van der Waals surface area contributed by atoms with Gasteiger partial charge in [-0.2, -0.15) is 0 Å². The number of carbonyl (C=O) groups is 1. The highest BCUT2D eigenvalue weighted by molar-refractivity contribution is 5.88. The van der Waals surface area contributed by atoms with Crippen molar-refractivity contribution >= 4 is 22.8 Å². The standard InChI is InChI=1S/C19H29N5O3/c1-4-26-12-15-22-17-18(13(2)14(3)21-19(17)20)24(15)7-5-6-16(25)23-8-10-27-11-9-23/h4-12H2,1-3H3,(H2,20,21). The number of nitrogen functional groups attached to an aromatic ring is 1. The Morgan fingerprint density at radius 1 is 1.26 bits per heavy atom. The molecule has 8 nitrogen and oxygen atoms in total. The average Bonchev–Trinajstić information content (AvgIpc) is 3.04. The monoisotopic (exact) mass is 375 g/mol. The summed E-state index contributed by atoms with van der Waals surface area (Å²) in [5.41, 5.74) is 9.78. The molecule has 1 fully saturated rings. The van der Waals surface area contributed by atoms with Crippen LogP contribution in [-0.2, 0) is 27.4 Å². The summed E-state index contributed by atoms with van der Waals surface area (Å²) in [6.07, 6.45) is 1.24. The van der Waals surface area contributed by atoms with Crippen LogP contribution in [0.1, 0.15) is 36.8 Å². The van der Waals surface area contributed by atoms with Crippen LogP contribution in [0.5, 0.6) is 0 Å². The molecule has 1 aliphatic heterocycles. The number of nitrogens with two attached hydrogens (primary N) is 1. The number of fused-ring (bicyclic) bond motifs is 1. The lowest BCUT2D eigenvalue weighted by Gasteiger charge is -2.26. The smallest absolute Gasteiger partial charge is 0.222 e. The summed E-state index contributed by atoms with van der Waals surface area (Å²) in [4.78, 5) is 23.4. The van der Waals surface area contributed by atoms with Crippen molar-refractivity contribution < 1.29 is 14.3 Å². The van der Waals surface area contributed by atoms with Crippen LogP contribution in [-0.4, -0.2) is 58.3 Å². The van der Waals surface area contributed by atoms with E-state index in [1.54, 1.807) is 0 Å². The molecule has 2 aromatic heterocycles. The predicted octanol–water partition coefficient (Wildman–Crippen LogP) is 1.81. The third kappa shape index (κ3) is 4.22. The van der Waals surface area contributed by atoms with E-state index in [0.29, 0.717) is 63.8 Å². The Labute approximate surface area is 159 Å². The van der Waals surface area contributed by atoms with Crippen LogP contribution < -0.4 is 5.73 Å². The molecule has 2 aromatic rings. The van der Waals surface area contributed by atoms with Crippen LogP contribution in [0.4, 0.5) is 5.82 Å². The summed E-state index contributed by atoms with van der Waals surface area (Å²) < 4.78 is 13.0. The van der Waals surface area contributed by atoms with Crippen molar-refractivity contribution in [1.82, 2.24) is 19.4 Å². The fraction of sp³-hybridized carbons (Fsp3) is 0.632. The average molecular weight is 375 g/mol. The van der Waals surface area contributed by atoms with E-state index in [1.165, 1.54) is 0 Å². The van der Waals surface area contributed by atoms with Crippen molar-refractivity contribution in [3.05, 3.63) is 17.1 Å². The van der Waals surface area contributed by atoms with Crippen molar-refractivity contribution in [3.63, 3.8) is 0 Å². The number of aryl methyl sites for hydroxylation is 3. The number of anilines is 1. The summed E-state index contributed by atoms with van der Waals surface area (Å²) in [5.74, 6) is 1.45. The zero-order chi connectivity index (χ0) is 19.4. The van der Waals surface area contributed by atoms with Gasteiger partial charge in [-0.1, -0.05) is 0 Å². The van der Waals surface area contributed by atoms with Gasteiger partial charge in [0.25, 0.3) is 0 Å². The van der Waals surface area contributed by atoms with Gasteiger partial charge in [-0.3, -0.25) is 4.79 Å². The van der Waals surface area contributed by atoms with Crippen LogP contribution in [0, 0.1) is 13.8 Å². The highest BCUT2D eigenvalue weighted by Gasteiger charge is 2.19. The quantitative estimate of drug-likeness (QED) is 0.793. The maximum Gasteiger partial charge on any atom is 0.222 e. The number of imidazole rings is 1. The third-order valence-corrected chi connectivity index (χ3v) is 5.05. The molecule has 0 saturated carbocycles. The number of ether oxygens (including phenoxy) is 2. The minimum Gasteiger partial charge on any atom is -0.382 e. The number of carbonyl (C=O) groups excluding carboxylic acids is 1. The molecule has 8 heteroatoms. The SMILES string of the molecule is CCOCc1nc2c(N)nc(C)c(C)c2n1CCCC(=O)N1CCOCC1. The Bertz CT molecular complexity index is 812. The van der Waals surface area contributed by atoms with E-state index in [0.717, 1.165) is 29.0 Å². The minimum atomic E-state index is 0.183. The highest BCUT2D eigenvalue weighted by Crippen LogP contribution is 2.27. The van der Waals surface area contributed by atoms with Gasteiger partial charge in [-0.15, -0.1) is 0 Å². The second kappa shape index (κ2) is 8.67. The molecule has 0 aromatic carbocycles. The Kier molecular flexibility index (Phi) is 6.28. The fourth-order valence-corrected chi connectivity index (χ4v) is 3.45. The number of pyridine rings is 1. The van der Waals surface area contributed by atoms with Crippen LogP contribution in [0.15, 0.2) is 0 Å². The lowest BCUT2D eigenvalue weighted by atomic mass is 10.2. The molecule has 0 bridgehead atoms. The lowest BCUT2D eigenvalue weighted by Crippen LogP contribution is -2.40. The first kappa shape index (κ1) is 19.6. The van der Waals surface area contributed by atoms with Crippen molar-refractivity contribution in [3.8, 4) is 0 Å². The fourth-order valence-electron chi connectivity index (χ4n) is 3.45. The van der Waals surface area contributed by atoms with E-state index in [4.69, 9.17) is 15.2 Å². The van der Waals surface area contributed by atoms with Gasteiger partial charge >= 0.3 is 0 Å². The van der Waals surface area contributed by atoms with Gasteiger partial charge in [0.1, 0.15) is 17.9 Å². The predicted molar refractivity (Wildman–Crippen MR) is 103 cm³/mol. The topological polar surface area (TPSA) is 95.5 Å². The highest BCUT2D eigenvalue weighted by atomic mass is 16.5. The molecule has 0 radical (unpaired) electrons. The molecule has 1 aliphatic rings. The molecular weight excluding hydrogens is 346 g/mol. The summed E-state index contributed by atoms with van der Waals surface area (Å²) in [6, 6.07) is 0. The summed E-state index contributed by atoms with van der Waals surface area (Å²) >= 11 is 0. The Balaban J connectivity index is 1.79. The molecule has 148 valence electrons. The molecule has 0 spiro atoms. The number of hydrogen-bond acceptors (Lipinski definition) is 6. The molecule has 27 heavy (non-hydrogen) atoms. The Morgan fingerprint density at radius 3 is 2.70 bits per heavy atom. The van der Waals surface area contributed by atoms with Gasteiger partial charge in [0.15, 0.2) is 5.82 Å². The lowest BCUT2D eigenvalue weighted by molar-refractivity contribution is -0.135. The second-order valence-electron chi connectivity index (χ2n) is 6.82. The number of amides is 1. The van der Waals surface area contributed by atoms with E-state index in [2.05, 4.69) is 14.5 Å². The second-order valence-corrected chi connectivity index (χ2v) is 6.82. The molecule has 2 N–H and O–H groups in total.